The number of hydrogen-bond acceptors (Lipinski definition) is 6. The normalized spacial score (nSPS) is 12.0. The zero-order chi connectivity index (χ0) is 30.2. The summed E-state index contributed by atoms with van der Waals surface area (Å²) in [6, 6.07) is 18.4. The van der Waals surface area contributed by atoms with Crippen LogP contribution in [0.2, 0.25) is 0 Å². The number of nitrogens with zero attached hydrogens (tertiary/aromatic N) is 3. The monoisotopic (exact) mass is 584 g/mol. The van der Waals surface area contributed by atoms with E-state index in [2.05, 4.69) is 5.32 Å². The van der Waals surface area contributed by atoms with Gasteiger partial charge in [-0.25, -0.2) is 12.8 Å². The van der Waals surface area contributed by atoms with E-state index in [0.29, 0.717) is 12.1 Å². The maximum atomic E-state index is 14.0. The standard InChI is InChI=1S/C29H33FN4O6S/c1-21(2)18-31-29(36)27(16-22-8-5-4-6-9-22)32(19-23-12-14-24(30)15-13-23)28(35)20-33(41(3,39)40)25-10-7-11-26(17-25)34(37)38/h4-15,17,21,27H,16,18-20H2,1-3H3,(H,31,36). The molecule has 0 radical (unpaired) electrons. The first-order valence-corrected chi connectivity index (χ1v) is 14.8. The van der Waals surface area contributed by atoms with Gasteiger partial charge in [0.1, 0.15) is 18.4 Å². The Kier molecular flexibility index (Phi) is 10.5. The minimum absolute atomic E-state index is 0.0688. The molecular weight excluding hydrogens is 551 g/mol. The van der Waals surface area contributed by atoms with Crippen molar-refractivity contribution >= 4 is 33.2 Å². The number of nitrogens with one attached hydrogen (secondary N) is 1. The molecule has 12 heteroatoms. The highest BCUT2D eigenvalue weighted by Crippen LogP contribution is 2.24. The zero-order valence-electron chi connectivity index (χ0n) is 23.1. The molecule has 0 aliphatic carbocycles. The van der Waals surface area contributed by atoms with Gasteiger partial charge in [-0.15, -0.1) is 0 Å². The van der Waals surface area contributed by atoms with Crippen LogP contribution >= 0.6 is 0 Å². The van der Waals surface area contributed by atoms with Gasteiger partial charge in [0.05, 0.1) is 16.9 Å². The second-order valence-corrected chi connectivity index (χ2v) is 11.9. The number of anilines is 1. The highest BCUT2D eigenvalue weighted by atomic mass is 32.2. The van der Waals surface area contributed by atoms with Crippen LogP contribution in [0.5, 0.6) is 0 Å². The molecule has 0 saturated heterocycles. The Hall–Kier alpha value is -4.32. The molecule has 1 atom stereocenters. The number of amides is 2. The number of non-ortho nitro benzene ring substituents is 1. The molecule has 0 heterocycles. The van der Waals surface area contributed by atoms with Crippen molar-refractivity contribution in [2.24, 2.45) is 5.92 Å². The van der Waals surface area contributed by atoms with Crippen LogP contribution in [-0.2, 0) is 32.6 Å². The summed E-state index contributed by atoms with van der Waals surface area (Å²) in [4.78, 5) is 39.4. The minimum atomic E-state index is -4.08. The Morgan fingerprint density at radius 3 is 2.22 bits per heavy atom. The maximum Gasteiger partial charge on any atom is 0.271 e. The second kappa shape index (κ2) is 13.8. The predicted octanol–water partition coefficient (Wildman–Crippen LogP) is 3.91. The molecule has 218 valence electrons. The Balaban J connectivity index is 2.06. The predicted molar refractivity (Wildman–Crippen MR) is 154 cm³/mol. The molecule has 3 rings (SSSR count). The highest BCUT2D eigenvalue weighted by molar-refractivity contribution is 7.92. The topological polar surface area (TPSA) is 130 Å². The lowest BCUT2D eigenvalue weighted by Crippen LogP contribution is -2.53. The van der Waals surface area contributed by atoms with Crippen LogP contribution in [0.25, 0.3) is 0 Å². The summed E-state index contributed by atoms with van der Waals surface area (Å²) in [5.41, 5.74) is 0.880. The summed E-state index contributed by atoms with van der Waals surface area (Å²) < 4.78 is 40.0. The van der Waals surface area contributed by atoms with E-state index in [1.807, 2.05) is 32.0 Å². The molecule has 3 aromatic rings. The van der Waals surface area contributed by atoms with Crippen LogP contribution in [0.15, 0.2) is 78.9 Å². The molecule has 0 spiro atoms. The first-order chi connectivity index (χ1) is 19.3. The number of rotatable bonds is 13. The van der Waals surface area contributed by atoms with E-state index in [9.17, 15) is 32.5 Å². The van der Waals surface area contributed by atoms with Crippen molar-refractivity contribution in [3.05, 3.63) is 106 Å². The number of carbonyl (C=O) groups excluding carboxylic acids is 2. The van der Waals surface area contributed by atoms with Crippen LogP contribution in [0.1, 0.15) is 25.0 Å². The van der Waals surface area contributed by atoms with Gasteiger partial charge >= 0.3 is 0 Å². The number of hydrogen-bond donors (Lipinski definition) is 1. The van der Waals surface area contributed by atoms with Crippen molar-refractivity contribution in [3.63, 3.8) is 0 Å². The number of carbonyl (C=O) groups is 2. The first kappa shape index (κ1) is 31.2. The van der Waals surface area contributed by atoms with Gasteiger partial charge in [0, 0.05) is 31.6 Å². The molecule has 0 fully saturated rings. The lowest BCUT2D eigenvalue weighted by Gasteiger charge is -2.33. The van der Waals surface area contributed by atoms with Crippen LogP contribution < -0.4 is 9.62 Å². The van der Waals surface area contributed by atoms with Gasteiger partial charge in [-0.1, -0.05) is 62.4 Å². The fraction of sp³-hybridized carbons (Fsp3) is 0.310. The summed E-state index contributed by atoms with van der Waals surface area (Å²) in [6.45, 7) is 3.38. The van der Waals surface area contributed by atoms with E-state index >= 15 is 0 Å². The Morgan fingerprint density at radius 2 is 1.63 bits per heavy atom. The first-order valence-electron chi connectivity index (χ1n) is 12.9. The van der Waals surface area contributed by atoms with E-state index in [4.69, 9.17) is 0 Å². The zero-order valence-corrected chi connectivity index (χ0v) is 23.9. The number of benzene rings is 3. The summed E-state index contributed by atoms with van der Waals surface area (Å²) in [6.07, 6.45) is 1.02. The van der Waals surface area contributed by atoms with Crippen molar-refractivity contribution in [1.29, 1.82) is 0 Å². The Bertz CT molecular complexity index is 1470. The second-order valence-electron chi connectivity index (χ2n) is 10.0. The molecule has 1 unspecified atom stereocenters. The molecule has 41 heavy (non-hydrogen) atoms. The molecule has 1 N–H and O–H groups in total. The Labute approximate surface area is 239 Å². The Morgan fingerprint density at radius 1 is 0.976 bits per heavy atom. The molecule has 0 bridgehead atoms. The maximum absolute atomic E-state index is 14.0. The van der Waals surface area contributed by atoms with Crippen molar-refractivity contribution in [3.8, 4) is 0 Å². The average Bonchev–Trinajstić information content (AvgIpc) is 2.93. The van der Waals surface area contributed by atoms with Crippen molar-refractivity contribution in [1.82, 2.24) is 10.2 Å². The van der Waals surface area contributed by atoms with Crippen LogP contribution in [-0.4, -0.2) is 55.4 Å². The summed E-state index contributed by atoms with van der Waals surface area (Å²) >= 11 is 0. The van der Waals surface area contributed by atoms with Gasteiger partial charge in [-0.2, -0.15) is 0 Å². The third kappa shape index (κ3) is 9.10. The molecule has 0 aliphatic heterocycles. The van der Waals surface area contributed by atoms with E-state index < -0.39 is 45.2 Å². The lowest BCUT2D eigenvalue weighted by molar-refractivity contribution is -0.384. The molecule has 3 aromatic carbocycles. The minimum Gasteiger partial charge on any atom is -0.354 e. The number of nitro groups is 1. The van der Waals surface area contributed by atoms with Crippen LogP contribution in [0.4, 0.5) is 15.8 Å². The molecule has 0 aromatic heterocycles. The average molecular weight is 585 g/mol. The quantitative estimate of drug-likeness (QED) is 0.240. The summed E-state index contributed by atoms with van der Waals surface area (Å²) in [7, 11) is -4.08. The smallest absolute Gasteiger partial charge is 0.271 e. The van der Waals surface area contributed by atoms with Gasteiger partial charge in [0.25, 0.3) is 5.69 Å². The molecule has 0 aliphatic rings. The van der Waals surface area contributed by atoms with Crippen molar-refractivity contribution < 1.29 is 27.3 Å². The van der Waals surface area contributed by atoms with E-state index in [-0.39, 0.29) is 30.3 Å². The third-order valence-corrected chi connectivity index (χ3v) is 7.37. The van der Waals surface area contributed by atoms with Gasteiger partial charge in [-0.05, 0) is 35.2 Å². The van der Waals surface area contributed by atoms with Crippen molar-refractivity contribution in [2.75, 3.05) is 23.7 Å². The van der Waals surface area contributed by atoms with Crippen LogP contribution in [0.3, 0.4) is 0 Å². The van der Waals surface area contributed by atoms with Gasteiger partial charge in [0.2, 0.25) is 21.8 Å². The summed E-state index contributed by atoms with van der Waals surface area (Å²) in [5.74, 6) is -1.49. The number of halogens is 1. The van der Waals surface area contributed by atoms with Gasteiger partial charge in [-0.3, -0.25) is 24.0 Å². The largest absolute Gasteiger partial charge is 0.354 e. The SMILES string of the molecule is CC(C)CNC(=O)C(Cc1ccccc1)N(Cc1ccc(F)cc1)C(=O)CN(c1cccc([N+](=O)[O-])c1)S(C)(=O)=O. The van der Waals surface area contributed by atoms with Gasteiger partial charge < -0.3 is 10.2 Å². The highest BCUT2D eigenvalue weighted by Gasteiger charge is 2.33. The molecule has 2 amide bonds. The number of nitro benzene ring substituents is 1. The van der Waals surface area contributed by atoms with Crippen molar-refractivity contribution in [2.45, 2.75) is 32.9 Å². The lowest BCUT2D eigenvalue weighted by atomic mass is 10.0. The van der Waals surface area contributed by atoms with E-state index in [1.165, 1.54) is 47.4 Å². The fourth-order valence-corrected chi connectivity index (χ4v) is 4.98. The van der Waals surface area contributed by atoms with Crippen LogP contribution in [0, 0.1) is 21.8 Å². The fourth-order valence-electron chi connectivity index (χ4n) is 4.14. The molecule has 0 saturated carbocycles. The molecular formula is C29H33FN4O6S. The van der Waals surface area contributed by atoms with Gasteiger partial charge in [0.15, 0.2) is 0 Å². The third-order valence-electron chi connectivity index (χ3n) is 6.23. The summed E-state index contributed by atoms with van der Waals surface area (Å²) in [5, 5.41) is 14.2. The molecule has 10 nitrogen and oxygen atoms in total. The van der Waals surface area contributed by atoms with E-state index in [0.717, 1.165) is 22.2 Å². The number of sulfonamides is 1. The van der Waals surface area contributed by atoms with E-state index in [1.54, 1.807) is 12.1 Å².